The van der Waals surface area contributed by atoms with Crippen LogP contribution >= 0.6 is 0 Å². The molecular weight excluding hydrogens is 334 g/mol. The first-order valence-corrected chi connectivity index (χ1v) is 8.03. The molecule has 1 fully saturated rings. The van der Waals surface area contributed by atoms with Gasteiger partial charge in [-0.2, -0.15) is 13.8 Å². The molecule has 25 heavy (non-hydrogen) atoms. The number of anilines is 2. The molecule has 0 radical (unpaired) electrons. The molecule has 3 heterocycles. The number of aromatic amines is 1. The summed E-state index contributed by atoms with van der Waals surface area (Å²) in [6.07, 6.45) is 6.14. The Hall–Kier alpha value is -2.49. The monoisotopic (exact) mass is 354 g/mol. The lowest BCUT2D eigenvalue weighted by Gasteiger charge is -2.16. The second-order valence-electron chi connectivity index (χ2n) is 5.84. The predicted octanol–water partition coefficient (Wildman–Crippen LogP) is 2.41. The maximum absolute atomic E-state index is 12.1. The van der Waals surface area contributed by atoms with E-state index in [0.717, 1.165) is 32.4 Å². The molecule has 0 aromatic carbocycles. The molecule has 2 aromatic heterocycles. The van der Waals surface area contributed by atoms with Crippen molar-refractivity contribution in [3.8, 4) is 11.8 Å². The van der Waals surface area contributed by atoms with Crippen LogP contribution in [-0.4, -0.2) is 57.9 Å². The molecule has 1 aliphatic heterocycles. The van der Waals surface area contributed by atoms with E-state index >= 15 is 0 Å². The van der Waals surface area contributed by atoms with Gasteiger partial charge in [-0.1, -0.05) is 0 Å². The van der Waals surface area contributed by atoms with Crippen LogP contribution in [0.3, 0.4) is 0 Å². The van der Waals surface area contributed by atoms with Crippen LogP contribution in [0.5, 0.6) is 11.8 Å². The van der Waals surface area contributed by atoms with Crippen molar-refractivity contribution in [1.82, 2.24) is 25.1 Å². The van der Waals surface area contributed by atoms with Gasteiger partial charge in [0.25, 0.3) is 0 Å². The molecule has 0 unspecified atom stereocenters. The summed E-state index contributed by atoms with van der Waals surface area (Å²) in [6.45, 7) is -0.876. The summed E-state index contributed by atoms with van der Waals surface area (Å²) >= 11 is 0. The zero-order valence-corrected chi connectivity index (χ0v) is 13.8. The molecule has 3 rings (SSSR count). The highest BCUT2D eigenvalue weighted by molar-refractivity contribution is 5.51. The maximum atomic E-state index is 12.1. The van der Waals surface area contributed by atoms with Gasteiger partial charge in [0.15, 0.2) is 5.82 Å². The second kappa shape index (κ2) is 8.06. The Morgan fingerprint density at radius 1 is 1.28 bits per heavy atom. The van der Waals surface area contributed by atoms with Crippen molar-refractivity contribution in [2.45, 2.75) is 32.0 Å². The molecular formula is C15H20F2N6O2. The van der Waals surface area contributed by atoms with Gasteiger partial charge in [0.05, 0.1) is 12.4 Å². The highest BCUT2D eigenvalue weighted by atomic mass is 19.3. The van der Waals surface area contributed by atoms with Gasteiger partial charge in [-0.15, -0.1) is 5.10 Å². The summed E-state index contributed by atoms with van der Waals surface area (Å²) in [5.74, 6) is 0.984. The van der Waals surface area contributed by atoms with E-state index in [1.165, 1.54) is 12.3 Å². The molecule has 1 aliphatic rings. The van der Waals surface area contributed by atoms with Crippen molar-refractivity contribution in [2.24, 2.45) is 0 Å². The number of hydrogen-bond acceptors (Lipinski definition) is 7. The summed E-state index contributed by atoms with van der Waals surface area (Å²) in [7, 11) is 2.10. The van der Waals surface area contributed by atoms with Crippen LogP contribution in [0.15, 0.2) is 18.5 Å². The van der Waals surface area contributed by atoms with E-state index < -0.39 is 6.61 Å². The van der Waals surface area contributed by atoms with E-state index in [0.29, 0.717) is 17.5 Å². The normalized spacial score (nSPS) is 18.8. The summed E-state index contributed by atoms with van der Waals surface area (Å²) < 4.78 is 34.4. The van der Waals surface area contributed by atoms with Gasteiger partial charge in [0.1, 0.15) is 11.9 Å². The first kappa shape index (κ1) is 17.3. The van der Waals surface area contributed by atoms with Crippen LogP contribution in [0.2, 0.25) is 0 Å². The lowest BCUT2D eigenvalue weighted by Crippen LogP contribution is -2.21. The standard InChI is InChI=1S/C15H20F2N6O2/c1-23-5-2-3-10(4-6-23)24-14-9-18-8-12(20-14)19-11-7-13(22-21-11)25-15(16)17/h7-10,15H,2-6H2,1H3,(H2,19,20,21,22)/t10-/m0/s1. The van der Waals surface area contributed by atoms with E-state index in [1.54, 1.807) is 6.20 Å². The van der Waals surface area contributed by atoms with Gasteiger partial charge in [-0.3, -0.25) is 10.1 Å². The average Bonchev–Trinajstić information content (AvgIpc) is 2.88. The fourth-order valence-corrected chi connectivity index (χ4v) is 2.62. The number of rotatable bonds is 6. The molecule has 8 nitrogen and oxygen atoms in total. The molecule has 1 saturated heterocycles. The fourth-order valence-electron chi connectivity index (χ4n) is 2.62. The molecule has 1 atom stereocenters. The molecule has 0 aliphatic carbocycles. The molecule has 0 saturated carbocycles. The van der Waals surface area contributed by atoms with Crippen molar-refractivity contribution < 1.29 is 18.3 Å². The Kier molecular flexibility index (Phi) is 5.59. The zero-order valence-electron chi connectivity index (χ0n) is 13.8. The number of ether oxygens (including phenoxy) is 2. The quantitative estimate of drug-likeness (QED) is 0.823. The van der Waals surface area contributed by atoms with Crippen LogP contribution in [-0.2, 0) is 0 Å². The smallest absolute Gasteiger partial charge is 0.388 e. The fraction of sp³-hybridized carbons (Fsp3) is 0.533. The van der Waals surface area contributed by atoms with Gasteiger partial charge in [-0.25, -0.2) is 0 Å². The van der Waals surface area contributed by atoms with E-state index in [4.69, 9.17) is 4.74 Å². The Morgan fingerprint density at radius 3 is 3.00 bits per heavy atom. The molecule has 2 N–H and O–H groups in total. The molecule has 10 heteroatoms. The lowest BCUT2D eigenvalue weighted by atomic mass is 10.2. The van der Waals surface area contributed by atoms with Gasteiger partial charge in [-0.05, 0) is 32.9 Å². The van der Waals surface area contributed by atoms with Gasteiger partial charge >= 0.3 is 6.61 Å². The SMILES string of the molecule is CN1CCC[C@H](Oc2cncc(Nc3cc(OC(F)F)n[nH]3)n2)CC1. The Morgan fingerprint density at radius 2 is 2.16 bits per heavy atom. The van der Waals surface area contributed by atoms with Crippen LogP contribution in [0.1, 0.15) is 19.3 Å². The van der Waals surface area contributed by atoms with Gasteiger partial charge < -0.3 is 19.7 Å². The molecule has 136 valence electrons. The third-order valence-corrected chi connectivity index (χ3v) is 3.83. The summed E-state index contributed by atoms with van der Waals surface area (Å²) in [4.78, 5) is 10.7. The van der Waals surface area contributed by atoms with Crippen molar-refractivity contribution in [2.75, 3.05) is 25.5 Å². The zero-order chi connectivity index (χ0) is 17.6. The summed E-state index contributed by atoms with van der Waals surface area (Å²) in [6, 6.07) is 1.31. The number of likely N-dealkylation sites (tertiary alicyclic amines) is 1. The molecule has 0 spiro atoms. The number of aromatic nitrogens is 4. The minimum atomic E-state index is -2.92. The van der Waals surface area contributed by atoms with Gasteiger partial charge in [0, 0.05) is 12.6 Å². The van der Waals surface area contributed by atoms with Crippen molar-refractivity contribution in [1.29, 1.82) is 0 Å². The predicted molar refractivity (Wildman–Crippen MR) is 86.3 cm³/mol. The third kappa shape index (κ3) is 5.24. The largest absolute Gasteiger partial charge is 0.473 e. The molecule has 0 bridgehead atoms. The Labute approximate surface area is 143 Å². The minimum absolute atomic E-state index is 0.104. The number of halogens is 2. The first-order chi connectivity index (χ1) is 12.1. The highest BCUT2D eigenvalue weighted by Gasteiger charge is 2.17. The lowest BCUT2D eigenvalue weighted by molar-refractivity contribution is -0.0528. The van der Waals surface area contributed by atoms with Crippen LogP contribution in [0, 0.1) is 0 Å². The highest BCUT2D eigenvalue weighted by Crippen LogP contribution is 2.21. The number of nitrogens with one attached hydrogen (secondary N) is 2. The van der Waals surface area contributed by atoms with Crippen molar-refractivity contribution in [3.63, 3.8) is 0 Å². The molecule has 2 aromatic rings. The summed E-state index contributed by atoms with van der Waals surface area (Å²) in [5, 5.41) is 9.04. The number of alkyl halides is 2. The third-order valence-electron chi connectivity index (χ3n) is 3.83. The maximum Gasteiger partial charge on any atom is 0.388 e. The van der Waals surface area contributed by atoms with Gasteiger partial charge in [0.2, 0.25) is 11.8 Å². The van der Waals surface area contributed by atoms with E-state index in [-0.39, 0.29) is 12.0 Å². The Balaban J connectivity index is 1.60. The Bertz CT molecular complexity index is 684. The van der Waals surface area contributed by atoms with Crippen LogP contribution < -0.4 is 14.8 Å². The molecule has 0 amide bonds. The first-order valence-electron chi connectivity index (χ1n) is 8.03. The number of H-pyrrole nitrogens is 1. The van der Waals surface area contributed by atoms with Crippen LogP contribution in [0.25, 0.3) is 0 Å². The van der Waals surface area contributed by atoms with E-state index in [1.807, 2.05) is 0 Å². The minimum Gasteiger partial charge on any atom is -0.473 e. The number of nitrogens with zero attached hydrogens (tertiary/aromatic N) is 4. The van der Waals surface area contributed by atoms with E-state index in [9.17, 15) is 8.78 Å². The van der Waals surface area contributed by atoms with Crippen molar-refractivity contribution in [3.05, 3.63) is 18.5 Å². The second-order valence-corrected chi connectivity index (χ2v) is 5.84. The summed E-state index contributed by atoms with van der Waals surface area (Å²) in [5.41, 5.74) is 0. The van der Waals surface area contributed by atoms with Crippen molar-refractivity contribution >= 4 is 11.6 Å². The average molecular weight is 354 g/mol. The van der Waals surface area contributed by atoms with Crippen LogP contribution in [0.4, 0.5) is 20.4 Å². The number of hydrogen-bond donors (Lipinski definition) is 2. The van der Waals surface area contributed by atoms with E-state index in [2.05, 4.69) is 42.2 Å². The topological polar surface area (TPSA) is 88.2 Å².